The van der Waals surface area contributed by atoms with Crippen molar-refractivity contribution in [2.75, 3.05) is 19.1 Å². The number of likely N-dealkylation sites (N-methyl/N-ethyl adjacent to an activating group) is 1. The molecule has 0 saturated heterocycles. The Kier molecular flexibility index (Phi) is 7.32. The quantitative estimate of drug-likeness (QED) is 0.600. The zero-order valence-corrected chi connectivity index (χ0v) is 9.36. The first-order valence-corrected chi connectivity index (χ1v) is 5.89. The van der Waals surface area contributed by atoms with Crippen LogP contribution in [0.15, 0.2) is 0 Å². The van der Waals surface area contributed by atoms with Crippen LogP contribution in [-0.2, 0) is 4.79 Å². The van der Waals surface area contributed by atoms with Gasteiger partial charge in [-0.3, -0.25) is 4.79 Å². The van der Waals surface area contributed by atoms with Crippen LogP contribution in [-0.4, -0.2) is 42.1 Å². The number of hydrogen-bond donors (Lipinski definition) is 2. The average Bonchev–Trinajstić information content (AvgIpc) is 2.05. The summed E-state index contributed by atoms with van der Waals surface area (Å²) in [4.78, 5) is 11.5. The molecule has 2 atom stereocenters. The number of Topliss-reactive ketones (excluding diaryl/α,β-unsaturated/α-hetero) is 1. The lowest BCUT2D eigenvalue weighted by atomic mass is 10.0. The van der Waals surface area contributed by atoms with Crippen LogP contribution in [0.5, 0.6) is 0 Å². The summed E-state index contributed by atoms with van der Waals surface area (Å²) in [7, 11) is 1.70. The molecule has 0 bridgehead atoms. The summed E-state index contributed by atoms with van der Waals surface area (Å²) in [5.74, 6) is 1.11. The number of nitrogens with one attached hydrogen (secondary N) is 1. The molecule has 0 saturated carbocycles. The molecule has 0 heterocycles. The summed E-state index contributed by atoms with van der Waals surface area (Å²) in [6.45, 7) is 1.63. The lowest BCUT2D eigenvalue weighted by molar-refractivity contribution is -0.123. The predicted octanol–water partition coefficient (Wildman–Crippen LogP) is 0.667. The van der Waals surface area contributed by atoms with Gasteiger partial charge in [0, 0.05) is 6.42 Å². The first-order valence-electron chi connectivity index (χ1n) is 4.50. The zero-order chi connectivity index (χ0) is 10.3. The van der Waals surface area contributed by atoms with E-state index in [1.807, 2.05) is 6.26 Å². The van der Waals surface area contributed by atoms with Gasteiger partial charge in [0.15, 0.2) is 5.78 Å². The molecule has 0 aromatic carbocycles. The monoisotopic (exact) mass is 205 g/mol. The lowest BCUT2D eigenvalue weighted by Crippen LogP contribution is -2.42. The molecule has 3 nitrogen and oxygen atoms in total. The first kappa shape index (κ1) is 12.9. The van der Waals surface area contributed by atoms with E-state index in [9.17, 15) is 9.90 Å². The van der Waals surface area contributed by atoms with E-state index in [0.29, 0.717) is 6.42 Å². The second-order valence-corrected chi connectivity index (χ2v) is 4.06. The molecular weight excluding hydrogens is 186 g/mol. The number of carbonyl (C=O) groups excluding carboxylic acids is 1. The van der Waals surface area contributed by atoms with Crippen LogP contribution in [0.25, 0.3) is 0 Å². The molecule has 2 N–H and O–H groups in total. The molecule has 0 aliphatic rings. The maximum atomic E-state index is 11.5. The highest BCUT2D eigenvalue weighted by Gasteiger charge is 2.20. The van der Waals surface area contributed by atoms with Crippen LogP contribution in [0.1, 0.15) is 19.8 Å². The van der Waals surface area contributed by atoms with Crippen molar-refractivity contribution in [3.8, 4) is 0 Å². The van der Waals surface area contributed by atoms with Crippen molar-refractivity contribution in [1.82, 2.24) is 5.32 Å². The molecular formula is C9H19NO2S. The standard InChI is InChI=1S/C9H19NO2S/c1-7(11)9(10-2)8(12)5-4-6-13-3/h7,9-11H,4-6H2,1-3H3/t7-,9+/m1/s1. The maximum Gasteiger partial charge on any atom is 0.152 e. The van der Waals surface area contributed by atoms with E-state index < -0.39 is 12.1 Å². The smallest absolute Gasteiger partial charge is 0.152 e. The fourth-order valence-electron chi connectivity index (χ4n) is 1.22. The van der Waals surface area contributed by atoms with Gasteiger partial charge in [-0.05, 0) is 32.4 Å². The Labute approximate surface area is 84.3 Å². The molecule has 13 heavy (non-hydrogen) atoms. The first-order chi connectivity index (χ1) is 6.13. The summed E-state index contributed by atoms with van der Waals surface area (Å²) in [5.41, 5.74) is 0. The highest BCUT2D eigenvalue weighted by atomic mass is 32.2. The van der Waals surface area contributed by atoms with Crippen molar-refractivity contribution in [3.63, 3.8) is 0 Å². The van der Waals surface area contributed by atoms with Crippen molar-refractivity contribution in [3.05, 3.63) is 0 Å². The SMILES string of the molecule is CN[C@H](C(=O)CCCSC)[C@@H](C)O. The van der Waals surface area contributed by atoms with Crippen molar-refractivity contribution in [2.24, 2.45) is 0 Å². The normalized spacial score (nSPS) is 15.4. The Morgan fingerprint density at radius 2 is 2.23 bits per heavy atom. The summed E-state index contributed by atoms with van der Waals surface area (Å²) >= 11 is 1.74. The Balaban J connectivity index is 3.78. The van der Waals surface area contributed by atoms with Crippen molar-refractivity contribution >= 4 is 17.5 Å². The molecule has 0 unspecified atom stereocenters. The molecule has 0 fully saturated rings. The van der Waals surface area contributed by atoms with E-state index >= 15 is 0 Å². The fraction of sp³-hybridized carbons (Fsp3) is 0.889. The molecule has 0 aliphatic heterocycles. The molecule has 0 spiro atoms. The fourth-order valence-corrected chi connectivity index (χ4v) is 1.65. The second-order valence-electron chi connectivity index (χ2n) is 3.07. The van der Waals surface area contributed by atoms with Gasteiger partial charge in [0.05, 0.1) is 12.1 Å². The van der Waals surface area contributed by atoms with E-state index in [-0.39, 0.29) is 5.78 Å². The number of hydrogen-bond acceptors (Lipinski definition) is 4. The van der Waals surface area contributed by atoms with Crippen LogP contribution in [0.2, 0.25) is 0 Å². The van der Waals surface area contributed by atoms with Crippen LogP contribution < -0.4 is 5.32 Å². The largest absolute Gasteiger partial charge is 0.391 e. The van der Waals surface area contributed by atoms with Gasteiger partial charge in [0.1, 0.15) is 0 Å². The third-order valence-electron chi connectivity index (χ3n) is 1.91. The van der Waals surface area contributed by atoms with Crippen LogP contribution in [0.4, 0.5) is 0 Å². The number of carbonyl (C=O) groups is 1. The highest BCUT2D eigenvalue weighted by Crippen LogP contribution is 2.04. The molecule has 0 amide bonds. The minimum absolute atomic E-state index is 0.103. The number of aliphatic hydroxyl groups excluding tert-OH is 1. The highest BCUT2D eigenvalue weighted by molar-refractivity contribution is 7.98. The van der Waals surface area contributed by atoms with Crippen LogP contribution >= 0.6 is 11.8 Å². The van der Waals surface area contributed by atoms with Gasteiger partial charge in [-0.15, -0.1) is 0 Å². The number of thioether (sulfide) groups is 1. The Morgan fingerprint density at radius 3 is 2.62 bits per heavy atom. The number of ketones is 1. The van der Waals surface area contributed by atoms with Gasteiger partial charge in [-0.25, -0.2) is 0 Å². The van der Waals surface area contributed by atoms with E-state index in [1.54, 1.807) is 25.7 Å². The van der Waals surface area contributed by atoms with Gasteiger partial charge in [0.2, 0.25) is 0 Å². The van der Waals surface area contributed by atoms with Crippen molar-refractivity contribution in [2.45, 2.75) is 31.9 Å². The Bertz CT molecular complexity index is 151. The van der Waals surface area contributed by atoms with Gasteiger partial charge in [-0.1, -0.05) is 0 Å². The molecule has 78 valence electrons. The molecule has 0 rings (SSSR count). The second kappa shape index (κ2) is 7.35. The van der Waals surface area contributed by atoms with Gasteiger partial charge >= 0.3 is 0 Å². The topological polar surface area (TPSA) is 49.3 Å². The van der Waals surface area contributed by atoms with E-state index in [0.717, 1.165) is 12.2 Å². The average molecular weight is 205 g/mol. The van der Waals surface area contributed by atoms with Crippen LogP contribution in [0.3, 0.4) is 0 Å². The number of aliphatic hydroxyl groups is 1. The Morgan fingerprint density at radius 1 is 1.62 bits per heavy atom. The lowest BCUT2D eigenvalue weighted by Gasteiger charge is -2.17. The minimum Gasteiger partial charge on any atom is -0.391 e. The molecule has 0 radical (unpaired) electrons. The summed E-state index contributed by atoms with van der Waals surface area (Å²) < 4.78 is 0. The molecule has 0 aromatic heterocycles. The third kappa shape index (κ3) is 5.29. The summed E-state index contributed by atoms with van der Waals surface area (Å²) in [5, 5.41) is 12.1. The summed E-state index contributed by atoms with van der Waals surface area (Å²) in [6, 6.07) is -0.401. The molecule has 4 heteroatoms. The van der Waals surface area contributed by atoms with E-state index in [1.165, 1.54) is 0 Å². The van der Waals surface area contributed by atoms with Crippen LogP contribution in [0, 0.1) is 0 Å². The number of rotatable bonds is 7. The minimum atomic E-state index is -0.605. The maximum absolute atomic E-state index is 11.5. The third-order valence-corrected chi connectivity index (χ3v) is 2.61. The van der Waals surface area contributed by atoms with Gasteiger partial charge in [0.25, 0.3) is 0 Å². The van der Waals surface area contributed by atoms with Crippen molar-refractivity contribution in [1.29, 1.82) is 0 Å². The molecule has 0 aromatic rings. The Hall–Kier alpha value is -0.0600. The van der Waals surface area contributed by atoms with Gasteiger partial charge in [-0.2, -0.15) is 11.8 Å². The summed E-state index contributed by atoms with van der Waals surface area (Å²) in [6.07, 6.45) is 2.86. The molecule has 0 aliphatic carbocycles. The van der Waals surface area contributed by atoms with Crippen molar-refractivity contribution < 1.29 is 9.90 Å². The van der Waals surface area contributed by atoms with Gasteiger partial charge < -0.3 is 10.4 Å². The predicted molar refractivity (Wildman–Crippen MR) is 57.2 cm³/mol. The van der Waals surface area contributed by atoms with E-state index in [4.69, 9.17) is 0 Å². The van der Waals surface area contributed by atoms with E-state index in [2.05, 4.69) is 5.32 Å². The zero-order valence-electron chi connectivity index (χ0n) is 8.54.